The van der Waals surface area contributed by atoms with Gasteiger partial charge in [0.05, 0.1) is 0 Å². The number of rotatable bonds is 3. The maximum absolute atomic E-state index is 11.6. The van der Waals surface area contributed by atoms with Gasteiger partial charge in [0.25, 0.3) is 17.7 Å². The van der Waals surface area contributed by atoms with Crippen molar-refractivity contribution < 1.29 is 14.4 Å². The number of nitrogens with one attached hydrogen (secondary N) is 3. The van der Waals surface area contributed by atoms with Crippen molar-refractivity contribution in [3.8, 4) is 0 Å². The van der Waals surface area contributed by atoms with Crippen LogP contribution in [0.5, 0.6) is 0 Å². The molecule has 0 unspecified atom stereocenters. The highest BCUT2D eigenvalue weighted by Gasteiger charge is 2.14. The van der Waals surface area contributed by atoms with Gasteiger partial charge in [0.2, 0.25) is 0 Å². The van der Waals surface area contributed by atoms with E-state index in [0.717, 1.165) is 0 Å². The first-order valence-corrected chi connectivity index (χ1v) is 5.34. The minimum Gasteiger partial charge on any atom is -0.355 e. The van der Waals surface area contributed by atoms with Crippen molar-refractivity contribution in [2.24, 2.45) is 0 Å². The molecule has 0 aromatic heterocycles. The zero-order valence-electron chi connectivity index (χ0n) is 10.5. The van der Waals surface area contributed by atoms with Crippen molar-refractivity contribution in [3.63, 3.8) is 0 Å². The maximum atomic E-state index is 11.6. The van der Waals surface area contributed by atoms with Gasteiger partial charge in [-0.2, -0.15) is 0 Å². The average Bonchev–Trinajstić information content (AvgIpc) is 2.43. The molecule has 96 valence electrons. The van der Waals surface area contributed by atoms with Gasteiger partial charge in [-0.1, -0.05) is 0 Å². The normalized spacial score (nSPS) is 9.50. The van der Waals surface area contributed by atoms with Crippen molar-refractivity contribution in [3.05, 3.63) is 34.9 Å². The molecule has 0 radical (unpaired) electrons. The Kier molecular flexibility index (Phi) is 4.42. The second-order valence-corrected chi connectivity index (χ2v) is 3.54. The summed E-state index contributed by atoms with van der Waals surface area (Å²) < 4.78 is 0. The molecule has 3 amide bonds. The molecule has 0 aliphatic carbocycles. The van der Waals surface area contributed by atoms with Crippen molar-refractivity contribution in [1.82, 2.24) is 16.0 Å². The van der Waals surface area contributed by atoms with E-state index in [-0.39, 0.29) is 34.4 Å². The van der Waals surface area contributed by atoms with Crippen molar-refractivity contribution in [2.75, 3.05) is 21.1 Å². The summed E-state index contributed by atoms with van der Waals surface area (Å²) in [5.41, 5.74) is 0.784. The van der Waals surface area contributed by atoms with Gasteiger partial charge in [-0.25, -0.2) is 0 Å². The molecule has 0 spiro atoms. The molecular formula is C12H15N3O3. The first-order chi connectivity index (χ1) is 8.53. The molecule has 1 aromatic carbocycles. The molecule has 6 nitrogen and oxygen atoms in total. The van der Waals surface area contributed by atoms with Crippen LogP contribution in [0, 0.1) is 0 Å². The van der Waals surface area contributed by atoms with Crippen LogP contribution in [-0.4, -0.2) is 38.9 Å². The minimum atomic E-state index is -0.356. The van der Waals surface area contributed by atoms with Gasteiger partial charge in [0, 0.05) is 37.8 Å². The second-order valence-electron chi connectivity index (χ2n) is 3.54. The summed E-state index contributed by atoms with van der Waals surface area (Å²) in [4.78, 5) is 34.7. The third-order valence-corrected chi connectivity index (χ3v) is 2.40. The van der Waals surface area contributed by atoms with Crippen LogP contribution in [0.2, 0.25) is 0 Å². The smallest absolute Gasteiger partial charge is 0.251 e. The lowest BCUT2D eigenvalue weighted by Gasteiger charge is -2.07. The van der Waals surface area contributed by atoms with E-state index in [4.69, 9.17) is 0 Å². The lowest BCUT2D eigenvalue weighted by atomic mass is 10.0. The predicted molar refractivity (Wildman–Crippen MR) is 66.6 cm³/mol. The van der Waals surface area contributed by atoms with Gasteiger partial charge in [-0.15, -0.1) is 0 Å². The summed E-state index contributed by atoms with van der Waals surface area (Å²) in [7, 11) is 4.44. The van der Waals surface area contributed by atoms with Gasteiger partial charge in [-0.05, 0) is 18.2 Å². The number of hydrogen-bond acceptors (Lipinski definition) is 3. The Labute approximate surface area is 105 Å². The van der Waals surface area contributed by atoms with Gasteiger partial charge >= 0.3 is 0 Å². The number of carbonyl (C=O) groups is 3. The third-order valence-electron chi connectivity index (χ3n) is 2.40. The standard InChI is InChI=1S/C12H15N3O3/c1-13-10(16)7-4-8(11(17)14-2)6-9(5-7)12(18)15-3/h4-6H,1-3H3,(H,13,16)(H,14,17)(H,15,18). The van der Waals surface area contributed by atoms with E-state index < -0.39 is 0 Å². The number of amides is 3. The third kappa shape index (κ3) is 2.85. The van der Waals surface area contributed by atoms with Crippen LogP contribution in [-0.2, 0) is 0 Å². The fraction of sp³-hybridized carbons (Fsp3) is 0.250. The maximum Gasteiger partial charge on any atom is 0.251 e. The fourth-order valence-corrected chi connectivity index (χ4v) is 1.45. The van der Waals surface area contributed by atoms with Crippen LogP contribution in [0.4, 0.5) is 0 Å². The van der Waals surface area contributed by atoms with Gasteiger partial charge in [0.15, 0.2) is 0 Å². The van der Waals surface area contributed by atoms with Gasteiger partial charge in [-0.3, -0.25) is 14.4 Å². The molecular weight excluding hydrogens is 234 g/mol. The summed E-state index contributed by atoms with van der Waals surface area (Å²) in [6.45, 7) is 0. The van der Waals surface area contributed by atoms with Crippen LogP contribution < -0.4 is 16.0 Å². The summed E-state index contributed by atoms with van der Waals surface area (Å²) in [5.74, 6) is -1.07. The number of benzene rings is 1. The van der Waals surface area contributed by atoms with Crippen molar-refractivity contribution in [2.45, 2.75) is 0 Å². The van der Waals surface area contributed by atoms with E-state index in [1.165, 1.54) is 39.3 Å². The van der Waals surface area contributed by atoms with E-state index in [2.05, 4.69) is 16.0 Å². The van der Waals surface area contributed by atoms with Crippen LogP contribution in [0.3, 0.4) is 0 Å². The number of hydrogen-bond donors (Lipinski definition) is 3. The SMILES string of the molecule is CNC(=O)c1cc(C(=O)NC)cc(C(=O)NC)c1. The molecule has 0 fully saturated rings. The fourth-order valence-electron chi connectivity index (χ4n) is 1.45. The molecule has 1 rings (SSSR count). The quantitative estimate of drug-likeness (QED) is 0.691. The molecule has 0 atom stereocenters. The van der Waals surface area contributed by atoms with Crippen LogP contribution in [0.1, 0.15) is 31.1 Å². The van der Waals surface area contributed by atoms with E-state index in [1.54, 1.807) is 0 Å². The van der Waals surface area contributed by atoms with Gasteiger partial charge in [0.1, 0.15) is 0 Å². The Bertz CT molecular complexity index is 414. The topological polar surface area (TPSA) is 87.3 Å². The van der Waals surface area contributed by atoms with Crippen LogP contribution in [0.15, 0.2) is 18.2 Å². The molecule has 3 N–H and O–H groups in total. The molecule has 0 bridgehead atoms. The van der Waals surface area contributed by atoms with E-state index in [1.807, 2.05) is 0 Å². The number of carbonyl (C=O) groups excluding carboxylic acids is 3. The molecule has 1 aromatic rings. The highest BCUT2D eigenvalue weighted by atomic mass is 16.2. The molecule has 0 aliphatic rings. The Hall–Kier alpha value is -2.37. The Balaban J connectivity index is 3.32. The van der Waals surface area contributed by atoms with Gasteiger partial charge < -0.3 is 16.0 Å². The monoisotopic (exact) mass is 249 g/mol. The Morgan fingerprint density at radius 1 is 0.667 bits per heavy atom. The van der Waals surface area contributed by atoms with E-state index >= 15 is 0 Å². The zero-order chi connectivity index (χ0) is 13.7. The Morgan fingerprint density at radius 3 is 1.06 bits per heavy atom. The Morgan fingerprint density at radius 2 is 0.889 bits per heavy atom. The molecule has 18 heavy (non-hydrogen) atoms. The zero-order valence-corrected chi connectivity index (χ0v) is 10.5. The first-order valence-electron chi connectivity index (χ1n) is 5.34. The molecule has 0 heterocycles. The van der Waals surface area contributed by atoms with Crippen molar-refractivity contribution in [1.29, 1.82) is 0 Å². The predicted octanol–water partition coefficient (Wildman–Crippen LogP) is -0.235. The molecule has 0 aliphatic heterocycles. The summed E-state index contributed by atoms with van der Waals surface area (Å²) >= 11 is 0. The molecule has 6 heteroatoms. The van der Waals surface area contributed by atoms with E-state index in [9.17, 15) is 14.4 Å². The first kappa shape index (κ1) is 13.7. The van der Waals surface area contributed by atoms with Crippen molar-refractivity contribution >= 4 is 17.7 Å². The minimum absolute atomic E-state index is 0.261. The lowest BCUT2D eigenvalue weighted by Crippen LogP contribution is -2.24. The highest BCUT2D eigenvalue weighted by molar-refractivity contribution is 6.04. The summed E-state index contributed by atoms with van der Waals surface area (Å²) in [6, 6.07) is 4.30. The highest BCUT2D eigenvalue weighted by Crippen LogP contribution is 2.11. The lowest BCUT2D eigenvalue weighted by molar-refractivity contribution is 0.0962. The summed E-state index contributed by atoms with van der Waals surface area (Å²) in [6.07, 6.45) is 0. The summed E-state index contributed by atoms with van der Waals surface area (Å²) in [5, 5.41) is 7.34. The molecule has 0 saturated heterocycles. The second kappa shape index (κ2) is 5.81. The van der Waals surface area contributed by atoms with E-state index in [0.29, 0.717) is 0 Å². The largest absolute Gasteiger partial charge is 0.355 e. The van der Waals surface area contributed by atoms with Crippen LogP contribution in [0.25, 0.3) is 0 Å². The average molecular weight is 249 g/mol. The molecule has 0 saturated carbocycles. The van der Waals surface area contributed by atoms with Crippen LogP contribution >= 0.6 is 0 Å².